The second-order valence-corrected chi connectivity index (χ2v) is 13.6. The van der Waals surface area contributed by atoms with Crippen LogP contribution < -0.4 is 4.72 Å². The lowest BCUT2D eigenvalue weighted by molar-refractivity contribution is -0.131. The van der Waals surface area contributed by atoms with Gasteiger partial charge in [-0.25, -0.2) is 8.42 Å². The van der Waals surface area contributed by atoms with Crippen molar-refractivity contribution in [1.82, 2.24) is 10.1 Å². The minimum atomic E-state index is -4.00. The van der Waals surface area contributed by atoms with Crippen molar-refractivity contribution in [2.24, 2.45) is 4.99 Å². The van der Waals surface area contributed by atoms with Gasteiger partial charge < -0.3 is 9.26 Å². The molecule has 5 rings (SSSR count). The third-order valence-corrected chi connectivity index (χ3v) is 9.82. The van der Waals surface area contributed by atoms with Gasteiger partial charge in [-0.1, -0.05) is 67.7 Å². The average Bonchev–Trinajstić information content (AvgIpc) is 3.66. The lowest BCUT2D eigenvalue weighted by atomic mass is 9.96. The van der Waals surface area contributed by atoms with Crippen LogP contribution in [0.1, 0.15) is 88.2 Å². The predicted molar refractivity (Wildman–Crippen MR) is 167 cm³/mol. The van der Waals surface area contributed by atoms with Gasteiger partial charge in [-0.05, 0) is 69.7 Å². The molecule has 1 aromatic heterocycles. The summed E-state index contributed by atoms with van der Waals surface area (Å²) in [4.78, 5) is 20.8. The zero-order chi connectivity index (χ0) is 30.8. The number of sulfonamides is 1. The number of aromatic nitrogens is 1. The first-order valence-electron chi connectivity index (χ1n) is 15.2. The first kappa shape index (κ1) is 30.9. The molecule has 1 aliphatic heterocycles. The Balaban J connectivity index is 1.50. The van der Waals surface area contributed by atoms with Gasteiger partial charge in [-0.2, -0.15) is 0 Å². The molecule has 1 fully saturated rings. The Kier molecular flexibility index (Phi) is 9.08. The number of carbonyl (C=O) groups is 1. The summed E-state index contributed by atoms with van der Waals surface area (Å²) < 4.78 is 41.1. The van der Waals surface area contributed by atoms with Crippen LogP contribution in [-0.2, 0) is 32.7 Å². The molecule has 2 aromatic carbocycles. The second-order valence-electron chi connectivity index (χ2n) is 11.9. The summed E-state index contributed by atoms with van der Waals surface area (Å²) in [6.07, 6.45) is 6.48. The van der Waals surface area contributed by atoms with Crippen LogP contribution in [-0.4, -0.2) is 41.9 Å². The Labute approximate surface area is 254 Å². The highest BCUT2D eigenvalue weighted by Gasteiger charge is 2.49. The topological polar surface area (TPSA) is 114 Å². The number of rotatable bonds is 12. The molecule has 9 nitrogen and oxygen atoms in total. The number of aryl methyl sites for hydroxylation is 1. The fourth-order valence-electron chi connectivity index (χ4n) is 5.88. The number of hydrogen-bond donors (Lipinski definition) is 1. The van der Waals surface area contributed by atoms with E-state index in [1.54, 1.807) is 32.0 Å². The highest BCUT2D eigenvalue weighted by Crippen LogP contribution is 2.40. The number of unbranched alkanes of at least 4 members (excludes halogenated alkanes) is 1. The number of carbonyl (C=O) groups excluding carboxylic acids is 1. The van der Waals surface area contributed by atoms with Crippen LogP contribution in [0.25, 0.3) is 11.1 Å². The second kappa shape index (κ2) is 12.6. The minimum absolute atomic E-state index is 0.0225. The van der Waals surface area contributed by atoms with Crippen LogP contribution in [0.5, 0.6) is 0 Å². The summed E-state index contributed by atoms with van der Waals surface area (Å²) in [5.74, 6) is 1.72. The number of amidine groups is 1. The summed E-state index contributed by atoms with van der Waals surface area (Å²) in [5.41, 5.74) is 3.14. The summed E-state index contributed by atoms with van der Waals surface area (Å²) in [5, 5.41) is 3.89. The van der Waals surface area contributed by atoms with Crippen molar-refractivity contribution in [2.45, 2.75) is 109 Å². The number of anilines is 1. The molecule has 0 radical (unpaired) electrons. The van der Waals surface area contributed by atoms with Crippen LogP contribution in [0.4, 0.5) is 5.82 Å². The Bertz CT molecular complexity index is 1620. The van der Waals surface area contributed by atoms with E-state index in [4.69, 9.17) is 14.3 Å². The molecular formula is C33H42N4O5S. The van der Waals surface area contributed by atoms with Gasteiger partial charge in [-0.3, -0.25) is 19.4 Å². The van der Waals surface area contributed by atoms with Gasteiger partial charge in [0.2, 0.25) is 0 Å². The van der Waals surface area contributed by atoms with Gasteiger partial charge in [0.05, 0.1) is 24.2 Å². The lowest BCUT2D eigenvalue weighted by Gasteiger charge is -2.23. The fourth-order valence-corrected chi connectivity index (χ4v) is 7.16. The van der Waals surface area contributed by atoms with E-state index in [1.807, 2.05) is 43.0 Å². The number of ether oxygens (including phenoxy) is 1. The summed E-state index contributed by atoms with van der Waals surface area (Å²) in [7, 11) is -4.00. The van der Waals surface area contributed by atoms with Crippen LogP contribution in [0.3, 0.4) is 0 Å². The number of nitrogens with zero attached hydrogens (tertiary/aromatic N) is 3. The monoisotopic (exact) mass is 606 g/mol. The predicted octanol–water partition coefficient (Wildman–Crippen LogP) is 6.93. The van der Waals surface area contributed by atoms with Crippen molar-refractivity contribution in [2.75, 3.05) is 4.72 Å². The SMILES string of the molecule is CCCCC1=NC2(CCCC2)C(=O)N1Cc1ccc(-c2ccccc2S(=O)(=O)Nc2noc(C)c2C)c(COC(C)C)c1. The van der Waals surface area contributed by atoms with Gasteiger partial charge in [0, 0.05) is 17.5 Å². The van der Waals surface area contributed by atoms with E-state index in [2.05, 4.69) is 16.8 Å². The van der Waals surface area contributed by atoms with Crippen molar-refractivity contribution in [3.8, 4) is 11.1 Å². The largest absolute Gasteiger partial charge is 0.374 e. The molecule has 10 heteroatoms. The third kappa shape index (κ3) is 6.40. The minimum Gasteiger partial charge on any atom is -0.374 e. The van der Waals surface area contributed by atoms with Crippen molar-refractivity contribution in [3.63, 3.8) is 0 Å². The number of hydrogen-bond acceptors (Lipinski definition) is 7. The van der Waals surface area contributed by atoms with Gasteiger partial charge >= 0.3 is 0 Å². The van der Waals surface area contributed by atoms with Crippen molar-refractivity contribution in [1.29, 1.82) is 0 Å². The highest BCUT2D eigenvalue weighted by molar-refractivity contribution is 7.92. The highest BCUT2D eigenvalue weighted by atomic mass is 32.2. The fraction of sp³-hybridized carbons (Fsp3) is 0.485. The van der Waals surface area contributed by atoms with E-state index in [0.29, 0.717) is 30.0 Å². The van der Waals surface area contributed by atoms with Crippen LogP contribution in [0.2, 0.25) is 0 Å². The van der Waals surface area contributed by atoms with E-state index in [0.717, 1.165) is 67.5 Å². The van der Waals surface area contributed by atoms with Crippen molar-refractivity contribution in [3.05, 3.63) is 64.9 Å². The maximum absolute atomic E-state index is 13.7. The van der Waals surface area contributed by atoms with E-state index in [9.17, 15) is 13.2 Å². The molecule has 0 unspecified atom stereocenters. The molecule has 1 amide bonds. The molecule has 230 valence electrons. The van der Waals surface area contributed by atoms with Gasteiger partial charge in [0.1, 0.15) is 17.1 Å². The van der Waals surface area contributed by atoms with Gasteiger partial charge in [0.15, 0.2) is 5.82 Å². The van der Waals surface area contributed by atoms with E-state index in [-0.39, 0.29) is 22.7 Å². The summed E-state index contributed by atoms with van der Waals surface area (Å²) in [6, 6.07) is 12.8. The molecular weight excluding hydrogens is 564 g/mol. The third-order valence-electron chi connectivity index (χ3n) is 8.42. The lowest BCUT2D eigenvalue weighted by Crippen LogP contribution is -2.40. The molecule has 1 N–H and O–H groups in total. The maximum Gasteiger partial charge on any atom is 0.263 e. The zero-order valence-corrected chi connectivity index (χ0v) is 26.6. The molecule has 0 bridgehead atoms. The molecule has 1 spiro atoms. The Morgan fingerprint density at radius 2 is 1.84 bits per heavy atom. The Morgan fingerprint density at radius 3 is 2.51 bits per heavy atom. The Hall–Kier alpha value is -3.50. The summed E-state index contributed by atoms with van der Waals surface area (Å²) >= 11 is 0. The molecule has 2 aliphatic rings. The van der Waals surface area contributed by atoms with Crippen LogP contribution >= 0.6 is 0 Å². The van der Waals surface area contributed by atoms with Crippen LogP contribution in [0.15, 0.2) is 56.9 Å². The van der Waals surface area contributed by atoms with Crippen molar-refractivity contribution < 1.29 is 22.5 Å². The molecule has 0 atom stereocenters. The van der Waals surface area contributed by atoms with Gasteiger partial charge in [-0.15, -0.1) is 0 Å². The molecule has 43 heavy (non-hydrogen) atoms. The van der Waals surface area contributed by atoms with E-state index >= 15 is 0 Å². The number of nitrogens with one attached hydrogen (secondary N) is 1. The normalized spacial score (nSPS) is 16.5. The standard InChI is InChI=1S/C33H42N4O5S/c1-6-7-14-30-34-33(17-10-11-18-33)32(38)37(30)20-25-15-16-27(26(19-25)21-41-22(2)3)28-12-8-9-13-29(28)43(39,40)36-31-23(4)24(5)42-35-31/h8-9,12-13,15-16,19,22H,6-7,10-11,14,17-18,20-21H2,1-5H3,(H,35,36). The number of aliphatic imine (C=N–C) groups is 1. The molecule has 1 saturated carbocycles. The van der Waals surface area contributed by atoms with Crippen molar-refractivity contribution >= 4 is 27.6 Å². The first-order chi connectivity index (χ1) is 20.5. The smallest absolute Gasteiger partial charge is 0.263 e. The molecule has 0 saturated heterocycles. The van der Waals surface area contributed by atoms with E-state index < -0.39 is 15.6 Å². The quantitative estimate of drug-likeness (QED) is 0.239. The zero-order valence-electron chi connectivity index (χ0n) is 25.8. The summed E-state index contributed by atoms with van der Waals surface area (Å²) in [6.45, 7) is 10.3. The molecule has 2 heterocycles. The maximum atomic E-state index is 13.7. The van der Waals surface area contributed by atoms with Crippen LogP contribution in [0, 0.1) is 13.8 Å². The van der Waals surface area contributed by atoms with E-state index in [1.165, 1.54) is 0 Å². The molecule has 1 aliphatic carbocycles. The molecule has 3 aromatic rings. The Morgan fingerprint density at radius 1 is 1.09 bits per heavy atom. The van der Waals surface area contributed by atoms with Gasteiger partial charge in [0.25, 0.3) is 15.9 Å². The first-order valence-corrected chi connectivity index (χ1v) is 16.7. The average molecular weight is 607 g/mol. The number of amides is 1. The number of benzene rings is 2.